The van der Waals surface area contributed by atoms with E-state index in [1.54, 1.807) is 42.5 Å². The Bertz CT molecular complexity index is 1100. The van der Waals surface area contributed by atoms with Crippen molar-refractivity contribution in [2.75, 3.05) is 13.2 Å². The van der Waals surface area contributed by atoms with Gasteiger partial charge in [0.25, 0.3) is 0 Å². The van der Waals surface area contributed by atoms with E-state index >= 15 is 0 Å². The zero-order chi connectivity index (χ0) is 24.1. The number of hydrogen-bond donors (Lipinski definition) is 0. The first-order valence-electron chi connectivity index (χ1n) is 12.1. The third-order valence-electron chi connectivity index (χ3n) is 6.42. The topological polar surface area (TPSA) is 18.5 Å². The lowest BCUT2D eigenvalue weighted by Crippen LogP contribution is -2.30. The molecule has 1 aliphatic rings. The third kappa shape index (κ3) is 5.37. The summed E-state index contributed by atoms with van der Waals surface area (Å²) in [5, 5.41) is 0. The number of benzene rings is 3. The first-order valence-corrected chi connectivity index (χ1v) is 12.1. The molecule has 0 saturated carbocycles. The highest BCUT2D eigenvalue weighted by molar-refractivity contribution is 5.71. The van der Waals surface area contributed by atoms with Gasteiger partial charge < -0.3 is 9.47 Å². The molecule has 1 heterocycles. The lowest BCUT2D eigenvalue weighted by Gasteiger charge is -2.29. The Labute approximate surface area is 199 Å². The van der Waals surface area contributed by atoms with Crippen LogP contribution in [0.5, 0.6) is 0 Å². The zero-order valence-electron chi connectivity index (χ0n) is 19.8. The number of rotatable bonds is 8. The molecule has 0 bridgehead atoms. The quantitative estimate of drug-likeness (QED) is 0.333. The number of aryl methyl sites for hydroxylation is 1. The van der Waals surface area contributed by atoms with Crippen LogP contribution in [0.3, 0.4) is 0 Å². The highest BCUT2D eigenvalue weighted by Gasteiger charge is 2.24. The van der Waals surface area contributed by atoms with E-state index in [-0.39, 0.29) is 23.6 Å². The Morgan fingerprint density at radius 1 is 0.765 bits per heavy atom. The molecule has 0 spiro atoms. The summed E-state index contributed by atoms with van der Waals surface area (Å²) >= 11 is 0. The van der Waals surface area contributed by atoms with Crippen LogP contribution < -0.4 is 0 Å². The normalized spacial score (nSPS) is 18.3. The maximum atomic E-state index is 15.0. The molecule has 0 radical (unpaired) electrons. The van der Waals surface area contributed by atoms with Gasteiger partial charge in [-0.15, -0.1) is 0 Å². The van der Waals surface area contributed by atoms with Crippen molar-refractivity contribution < 1.29 is 22.6 Å². The van der Waals surface area contributed by atoms with Crippen molar-refractivity contribution in [3.05, 3.63) is 83.2 Å². The van der Waals surface area contributed by atoms with E-state index in [2.05, 4.69) is 6.92 Å². The molecule has 0 aliphatic carbocycles. The van der Waals surface area contributed by atoms with E-state index in [4.69, 9.17) is 9.47 Å². The molecule has 4 rings (SSSR count). The molecule has 0 N–H and O–H groups in total. The van der Waals surface area contributed by atoms with Gasteiger partial charge in [0.2, 0.25) is 0 Å². The molecule has 180 valence electrons. The lowest BCUT2D eigenvalue weighted by molar-refractivity contribution is -0.189. The summed E-state index contributed by atoms with van der Waals surface area (Å²) in [4.78, 5) is 0. The predicted molar refractivity (Wildman–Crippen MR) is 129 cm³/mol. The number of halogens is 3. The Balaban J connectivity index is 1.50. The minimum atomic E-state index is -0.838. The fourth-order valence-electron chi connectivity index (χ4n) is 4.36. The Hall–Kier alpha value is -2.63. The van der Waals surface area contributed by atoms with E-state index in [1.807, 2.05) is 13.0 Å². The zero-order valence-corrected chi connectivity index (χ0v) is 19.8. The number of ether oxygens (including phenoxy) is 2. The van der Waals surface area contributed by atoms with Crippen molar-refractivity contribution in [2.24, 2.45) is 0 Å². The summed E-state index contributed by atoms with van der Waals surface area (Å²) in [6.45, 7) is 5.12. The van der Waals surface area contributed by atoms with Crippen molar-refractivity contribution in [1.29, 1.82) is 0 Å². The van der Waals surface area contributed by atoms with Gasteiger partial charge in [-0.25, -0.2) is 13.2 Å². The van der Waals surface area contributed by atoms with Crippen LogP contribution >= 0.6 is 0 Å². The van der Waals surface area contributed by atoms with E-state index in [9.17, 15) is 13.2 Å². The van der Waals surface area contributed by atoms with Gasteiger partial charge >= 0.3 is 0 Å². The predicted octanol–water partition coefficient (Wildman–Crippen LogP) is 8.04. The Kier molecular flexibility index (Phi) is 8.07. The fraction of sp³-hybridized carbons (Fsp3) is 0.379. The largest absolute Gasteiger partial charge is 0.352 e. The maximum absolute atomic E-state index is 15.0. The fourth-order valence-corrected chi connectivity index (χ4v) is 4.36. The summed E-state index contributed by atoms with van der Waals surface area (Å²) < 4.78 is 55.6. The summed E-state index contributed by atoms with van der Waals surface area (Å²) in [6.07, 6.45) is 3.93. The second-order valence-corrected chi connectivity index (χ2v) is 8.90. The third-order valence-corrected chi connectivity index (χ3v) is 6.42. The second kappa shape index (κ2) is 11.2. The van der Waals surface area contributed by atoms with E-state index < -0.39 is 11.6 Å². The molecule has 5 heteroatoms. The highest BCUT2D eigenvalue weighted by atomic mass is 19.2. The molecule has 1 saturated heterocycles. The molecule has 3 aromatic carbocycles. The molecule has 1 fully saturated rings. The summed E-state index contributed by atoms with van der Waals surface area (Å²) in [5.74, 6) is -1.96. The summed E-state index contributed by atoms with van der Waals surface area (Å²) in [7, 11) is 0. The van der Waals surface area contributed by atoms with Crippen molar-refractivity contribution in [1.82, 2.24) is 0 Å². The first kappa shape index (κ1) is 24.5. The molecule has 0 atom stereocenters. The van der Waals surface area contributed by atoms with Gasteiger partial charge in [-0.2, -0.15) is 0 Å². The van der Waals surface area contributed by atoms with Crippen LogP contribution in [-0.2, 0) is 15.9 Å². The highest BCUT2D eigenvalue weighted by Crippen LogP contribution is 2.32. The van der Waals surface area contributed by atoms with E-state index in [0.29, 0.717) is 41.9 Å². The molecule has 1 aliphatic heterocycles. The van der Waals surface area contributed by atoms with Gasteiger partial charge in [-0.3, -0.25) is 0 Å². The van der Waals surface area contributed by atoms with Crippen LogP contribution in [0.2, 0.25) is 0 Å². The van der Waals surface area contributed by atoms with Crippen LogP contribution in [0.15, 0.2) is 54.6 Å². The van der Waals surface area contributed by atoms with Crippen molar-refractivity contribution >= 4 is 0 Å². The molecule has 34 heavy (non-hydrogen) atoms. The van der Waals surface area contributed by atoms with Crippen molar-refractivity contribution in [2.45, 2.75) is 58.2 Å². The minimum absolute atomic E-state index is 0.00259. The average Bonchev–Trinajstić information content (AvgIpc) is 2.86. The lowest BCUT2D eigenvalue weighted by atomic mass is 9.94. The van der Waals surface area contributed by atoms with Gasteiger partial charge in [0.15, 0.2) is 17.9 Å². The van der Waals surface area contributed by atoms with Crippen LogP contribution in [0, 0.1) is 17.5 Å². The van der Waals surface area contributed by atoms with Gasteiger partial charge in [-0.05, 0) is 47.6 Å². The van der Waals surface area contributed by atoms with Crippen LogP contribution in [0.4, 0.5) is 13.2 Å². The summed E-state index contributed by atoms with van der Waals surface area (Å²) in [5.41, 5.74) is 3.13. The average molecular weight is 469 g/mol. The van der Waals surface area contributed by atoms with Gasteiger partial charge in [0.1, 0.15) is 5.82 Å². The molecular formula is C29H31F3O2. The van der Waals surface area contributed by atoms with E-state index in [0.717, 1.165) is 31.2 Å². The van der Waals surface area contributed by atoms with Crippen molar-refractivity contribution in [3.63, 3.8) is 0 Å². The maximum Gasteiger partial charge on any atom is 0.166 e. The molecule has 0 amide bonds. The second-order valence-electron chi connectivity index (χ2n) is 8.90. The summed E-state index contributed by atoms with van der Waals surface area (Å²) in [6, 6.07) is 15.3. The van der Waals surface area contributed by atoms with Gasteiger partial charge in [0.05, 0.1) is 13.2 Å². The first-order chi connectivity index (χ1) is 16.5. The SMILES string of the molecule is CCCCc1ccc(-c2ccc(-c3ccc(C4COC(CCC)OC4)cc3F)cc2)c(F)c1F. The minimum Gasteiger partial charge on any atom is -0.352 e. The smallest absolute Gasteiger partial charge is 0.166 e. The molecule has 0 unspecified atom stereocenters. The van der Waals surface area contributed by atoms with Crippen molar-refractivity contribution in [3.8, 4) is 22.3 Å². The number of hydrogen-bond acceptors (Lipinski definition) is 2. The molecule has 0 aromatic heterocycles. The molecule has 2 nitrogen and oxygen atoms in total. The molecular weight excluding hydrogens is 437 g/mol. The van der Waals surface area contributed by atoms with Crippen LogP contribution in [-0.4, -0.2) is 19.5 Å². The van der Waals surface area contributed by atoms with Gasteiger partial charge in [0, 0.05) is 17.0 Å². The Morgan fingerprint density at radius 2 is 1.41 bits per heavy atom. The molecule has 3 aromatic rings. The number of unbranched alkanes of at least 4 members (excludes halogenated alkanes) is 1. The standard InChI is InChI=1S/C29H31F3O2/c1-3-5-7-21-12-15-25(29(32)28(21)31)20-10-8-19(9-11-20)24-14-13-22(16-26(24)30)23-17-33-27(6-4-2)34-18-23/h8-16,23,27H,3-7,17-18H2,1-2H3. The van der Waals surface area contributed by atoms with Crippen LogP contribution in [0.1, 0.15) is 56.6 Å². The van der Waals surface area contributed by atoms with E-state index in [1.165, 1.54) is 6.07 Å². The monoisotopic (exact) mass is 468 g/mol. The van der Waals surface area contributed by atoms with Crippen LogP contribution in [0.25, 0.3) is 22.3 Å². The Morgan fingerprint density at radius 3 is 2.03 bits per heavy atom. The van der Waals surface area contributed by atoms with Gasteiger partial charge in [-0.1, -0.05) is 75.2 Å².